The third-order valence-corrected chi connectivity index (χ3v) is 6.51. The second kappa shape index (κ2) is 8.32. The van der Waals surface area contributed by atoms with Crippen molar-refractivity contribution in [2.45, 2.75) is 24.5 Å². The lowest BCUT2D eigenvalue weighted by molar-refractivity contribution is -0.156. The number of likely N-dealkylation sites (tertiary alicyclic amines) is 1. The zero-order chi connectivity index (χ0) is 23.9. The van der Waals surface area contributed by atoms with Crippen molar-refractivity contribution in [3.8, 4) is 0 Å². The number of carbonyl (C=O) groups is 4. The van der Waals surface area contributed by atoms with Crippen LogP contribution in [0.3, 0.4) is 0 Å². The van der Waals surface area contributed by atoms with Crippen LogP contribution in [0.25, 0.3) is 0 Å². The van der Waals surface area contributed by atoms with Crippen LogP contribution in [0, 0.1) is 11.8 Å². The highest BCUT2D eigenvalue weighted by Crippen LogP contribution is 2.50. The largest absolute Gasteiger partial charge is 0.481 e. The monoisotopic (exact) mass is 451 g/mol. The maximum absolute atomic E-state index is 13.5. The number of hydrogen-bond acceptors (Lipinski definition) is 6. The Bertz CT molecular complexity index is 1100. The van der Waals surface area contributed by atoms with Gasteiger partial charge in [-0.2, -0.15) is 0 Å². The number of carboxylic acid groups (broad SMARTS) is 2. The van der Waals surface area contributed by atoms with Crippen molar-refractivity contribution in [1.82, 2.24) is 10.2 Å². The molecule has 2 heterocycles. The molecule has 0 aromatic heterocycles. The molecule has 33 heavy (non-hydrogen) atoms. The van der Waals surface area contributed by atoms with Crippen LogP contribution in [0.1, 0.15) is 23.6 Å². The topological polar surface area (TPSA) is 127 Å². The van der Waals surface area contributed by atoms with Crippen molar-refractivity contribution >= 4 is 29.4 Å². The van der Waals surface area contributed by atoms with Crippen LogP contribution in [0.4, 0.5) is 5.69 Å². The van der Waals surface area contributed by atoms with Gasteiger partial charge in [-0.15, -0.1) is 0 Å². The number of carboxylic acids is 2. The van der Waals surface area contributed by atoms with E-state index in [-0.39, 0.29) is 6.54 Å². The summed E-state index contributed by atoms with van der Waals surface area (Å²) < 4.78 is 0. The first kappa shape index (κ1) is 22.5. The van der Waals surface area contributed by atoms with Gasteiger partial charge >= 0.3 is 11.9 Å². The van der Waals surface area contributed by atoms with Gasteiger partial charge in [-0.3, -0.25) is 29.4 Å². The van der Waals surface area contributed by atoms with E-state index in [9.17, 15) is 29.4 Å². The predicted molar refractivity (Wildman–Crippen MR) is 118 cm³/mol. The minimum Gasteiger partial charge on any atom is -0.481 e. The lowest BCUT2D eigenvalue weighted by atomic mass is 9.77. The van der Waals surface area contributed by atoms with Gasteiger partial charge in [-0.25, -0.2) is 0 Å². The second-order valence-corrected chi connectivity index (χ2v) is 8.71. The number of carbonyl (C=O) groups excluding carboxylic acids is 2. The number of aliphatic carboxylic acids is 2. The lowest BCUT2D eigenvalue weighted by Gasteiger charge is -2.29. The quantitative estimate of drug-likeness (QED) is 0.541. The Labute approximate surface area is 190 Å². The van der Waals surface area contributed by atoms with E-state index in [0.717, 1.165) is 16.2 Å². The first-order valence-electron chi connectivity index (χ1n) is 10.5. The summed E-state index contributed by atoms with van der Waals surface area (Å²) in [5.74, 6) is -6.36. The zero-order valence-electron chi connectivity index (χ0n) is 18.3. The molecule has 0 bridgehead atoms. The van der Waals surface area contributed by atoms with E-state index in [1.165, 1.54) is 0 Å². The first-order valence-corrected chi connectivity index (χ1v) is 10.5. The highest BCUT2D eigenvalue weighted by molar-refractivity contribution is 6.10. The van der Waals surface area contributed by atoms with E-state index < -0.39 is 53.6 Å². The lowest BCUT2D eigenvalue weighted by Crippen LogP contribution is -2.56. The molecule has 2 aliphatic rings. The first-order chi connectivity index (χ1) is 15.7. The van der Waals surface area contributed by atoms with E-state index in [2.05, 4.69) is 5.32 Å². The van der Waals surface area contributed by atoms with Crippen molar-refractivity contribution in [3.63, 3.8) is 0 Å². The van der Waals surface area contributed by atoms with Crippen LogP contribution in [0.15, 0.2) is 54.6 Å². The molecule has 0 saturated carbocycles. The van der Waals surface area contributed by atoms with E-state index in [1.54, 1.807) is 36.4 Å². The number of nitrogens with zero attached hydrogens (tertiary/aromatic N) is 2. The summed E-state index contributed by atoms with van der Waals surface area (Å²) in [5, 5.41) is 22.5. The van der Waals surface area contributed by atoms with Gasteiger partial charge < -0.3 is 15.1 Å². The molecule has 9 nitrogen and oxygen atoms in total. The Morgan fingerprint density at radius 3 is 2.18 bits per heavy atom. The Morgan fingerprint density at radius 2 is 1.64 bits per heavy atom. The fraction of sp³-hybridized carbons (Fsp3) is 0.333. The molecular weight excluding hydrogens is 426 g/mol. The standard InChI is InChI=1S/C24H25N3O6/c1-26(2)16-10-8-15(9-11-16)20-18-19(24(25-20,23(32)33)12-17(28)29)22(31)27(21(18)30)13-14-6-4-3-5-7-14/h3-11,18-20,25H,12-13H2,1-2H3,(H,28,29)(H,32,33). The molecule has 0 aliphatic carbocycles. The minimum absolute atomic E-state index is 0.000560. The molecule has 2 fully saturated rings. The van der Waals surface area contributed by atoms with Gasteiger partial charge in [0.2, 0.25) is 11.8 Å². The van der Waals surface area contributed by atoms with E-state index in [0.29, 0.717) is 5.56 Å². The van der Waals surface area contributed by atoms with Crippen LogP contribution in [-0.4, -0.2) is 58.5 Å². The van der Waals surface area contributed by atoms with Crippen molar-refractivity contribution in [2.24, 2.45) is 11.8 Å². The summed E-state index contributed by atoms with van der Waals surface area (Å²) in [6, 6.07) is 15.3. The van der Waals surface area contributed by atoms with Crippen LogP contribution in [0.2, 0.25) is 0 Å². The van der Waals surface area contributed by atoms with Gasteiger partial charge in [0.15, 0.2) is 0 Å². The highest BCUT2D eigenvalue weighted by atomic mass is 16.4. The van der Waals surface area contributed by atoms with E-state index in [1.807, 2.05) is 37.2 Å². The molecule has 4 atom stereocenters. The van der Waals surface area contributed by atoms with Crippen LogP contribution >= 0.6 is 0 Å². The number of amides is 2. The summed E-state index contributed by atoms with van der Waals surface area (Å²) in [6.07, 6.45) is -0.825. The Hall–Kier alpha value is -3.72. The van der Waals surface area contributed by atoms with Gasteiger partial charge in [0.05, 0.1) is 24.8 Å². The fourth-order valence-corrected chi connectivity index (χ4v) is 4.92. The molecule has 0 spiro atoms. The number of anilines is 1. The van der Waals surface area contributed by atoms with E-state index >= 15 is 0 Å². The maximum Gasteiger partial charge on any atom is 0.325 e. The smallest absolute Gasteiger partial charge is 0.325 e. The van der Waals surface area contributed by atoms with Gasteiger partial charge in [0.1, 0.15) is 5.54 Å². The van der Waals surface area contributed by atoms with Crippen molar-refractivity contribution in [1.29, 1.82) is 0 Å². The molecule has 2 aliphatic heterocycles. The van der Waals surface area contributed by atoms with Crippen molar-refractivity contribution < 1.29 is 29.4 Å². The van der Waals surface area contributed by atoms with Crippen molar-refractivity contribution in [3.05, 3.63) is 65.7 Å². The Balaban J connectivity index is 1.78. The van der Waals surface area contributed by atoms with E-state index in [4.69, 9.17) is 0 Å². The molecule has 172 valence electrons. The number of rotatable bonds is 7. The molecule has 3 N–H and O–H groups in total. The summed E-state index contributed by atoms with van der Waals surface area (Å²) in [4.78, 5) is 53.9. The average molecular weight is 451 g/mol. The molecule has 4 unspecified atom stereocenters. The molecule has 2 amide bonds. The molecule has 2 aromatic rings. The summed E-state index contributed by atoms with van der Waals surface area (Å²) >= 11 is 0. The number of hydrogen-bond donors (Lipinski definition) is 3. The molecule has 0 radical (unpaired) electrons. The SMILES string of the molecule is CN(C)c1ccc(C2NC(CC(=O)O)(C(=O)O)C3C(=O)N(Cc4ccccc4)C(=O)C23)cc1. The van der Waals surface area contributed by atoms with Crippen molar-refractivity contribution in [2.75, 3.05) is 19.0 Å². The third-order valence-electron chi connectivity index (χ3n) is 6.51. The molecule has 9 heteroatoms. The zero-order valence-corrected chi connectivity index (χ0v) is 18.3. The van der Waals surface area contributed by atoms with Crippen LogP contribution in [-0.2, 0) is 25.7 Å². The number of nitrogens with one attached hydrogen (secondary N) is 1. The van der Waals surface area contributed by atoms with Gasteiger partial charge in [0, 0.05) is 25.8 Å². The maximum atomic E-state index is 13.5. The predicted octanol–water partition coefficient (Wildman–Crippen LogP) is 1.50. The highest BCUT2D eigenvalue weighted by Gasteiger charge is 2.69. The molecular formula is C24H25N3O6. The molecule has 4 rings (SSSR count). The van der Waals surface area contributed by atoms with Gasteiger partial charge in [0.25, 0.3) is 0 Å². The average Bonchev–Trinajstić information content (AvgIpc) is 3.24. The number of imide groups is 1. The fourth-order valence-electron chi connectivity index (χ4n) is 4.92. The molecule has 2 aromatic carbocycles. The van der Waals surface area contributed by atoms with Crippen LogP contribution in [0.5, 0.6) is 0 Å². The third kappa shape index (κ3) is 3.74. The Kier molecular flexibility index (Phi) is 5.67. The summed E-state index contributed by atoms with van der Waals surface area (Å²) in [6.45, 7) is 0.000560. The number of fused-ring (bicyclic) bond motifs is 1. The van der Waals surface area contributed by atoms with Crippen LogP contribution < -0.4 is 10.2 Å². The number of benzene rings is 2. The van der Waals surface area contributed by atoms with Gasteiger partial charge in [-0.1, -0.05) is 42.5 Å². The second-order valence-electron chi connectivity index (χ2n) is 8.71. The summed E-state index contributed by atoms with van der Waals surface area (Å²) in [7, 11) is 3.75. The molecule has 2 saturated heterocycles. The Morgan fingerprint density at radius 1 is 1.00 bits per heavy atom. The summed E-state index contributed by atoms with van der Waals surface area (Å²) in [5.41, 5.74) is 0.146. The minimum atomic E-state index is -2.10. The normalized spacial score (nSPS) is 26.4. The van der Waals surface area contributed by atoms with Gasteiger partial charge in [-0.05, 0) is 23.3 Å².